The van der Waals surface area contributed by atoms with Gasteiger partial charge in [0.1, 0.15) is 11.6 Å². The van der Waals surface area contributed by atoms with Gasteiger partial charge in [-0.05, 0) is 36.6 Å². The van der Waals surface area contributed by atoms with Gasteiger partial charge >= 0.3 is 0 Å². The minimum absolute atomic E-state index is 0.170. The van der Waals surface area contributed by atoms with Crippen molar-refractivity contribution < 1.29 is 9.18 Å². The molecule has 1 aromatic carbocycles. The van der Waals surface area contributed by atoms with Gasteiger partial charge in [-0.2, -0.15) is 0 Å². The lowest BCUT2D eigenvalue weighted by Gasteiger charge is -2.21. The molecule has 0 bridgehead atoms. The van der Waals surface area contributed by atoms with Gasteiger partial charge in [0.05, 0.1) is 0 Å². The number of carbonyl (C=O) groups is 1. The number of hydrogen-bond donors (Lipinski definition) is 0. The van der Waals surface area contributed by atoms with Crippen LogP contribution in [0, 0.1) is 18.2 Å². The first-order valence-corrected chi connectivity index (χ1v) is 5.65. The van der Waals surface area contributed by atoms with Crippen LogP contribution in [0.1, 0.15) is 38.3 Å². The van der Waals surface area contributed by atoms with Crippen molar-refractivity contribution in [1.29, 1.82) is 0 Å². The van der Waals surface area contributed by atoms with Gasteiger partial charge in [-0.25, -0.2) is 4.39 Å². The Kier molecular flexibility index (Phi) is 3.84. The summed E-state index contributed by atoms with van der Waals surface area (Å²) in [5.41, 5.74) is 1.45. The molecule has 0 spiro atoms. The number of benzene rings is 1. The Morgan fingerprint density at radius 2 is 2.00 bits per heavy atom. The number of halogens is 1. The summed E-state index contributed by atoms with van der Waals surface area (Å²) in [7, 11) is 0. The number of Topliss-reactive ketones (excluding diaryl/α,β-unsaturated/α-hetero) is 1. The Hall–Kier alpha value is -1.18. The molecule has 0 fully saturated rings. The molecule has 0 aliphatic rings. The maximum Gasteiger partial charge on any atom is 0.142 e. The van der Waals surface area contributed by atoms with E-state index in [1.165, 1.54) is 12.1 Å². The van der Waals surface area contributed by atoms with E-state index in [4.69, 9.17) is 0 Å². The zero-order valence-corrected chi connectivity index (χ0v) is 10.4. The van der Waals surface area contributed by atoms with Crippen LogP contribution in [-0.2, 0) is 11.2 Å². The second-order valence-corrected chi connectivity index (χ2v) is 4.91. The Morgan fingerprint density at radius 1 is 1.38 bits per heavy atom. The van der Waals surface area contributed by atoms with Crippen LogP contribution in [0.2, 0.25) is 0 Å². The van der Waals surface area contributed by atoms with E-state index in [0.29, 0.717) is 6.42 Å². The molecule has 0 radical (unpaired) electrons. The summed E-state index contributed by atoms with van der Waals surface area (Å²) in [5.74, 6) is -0.105. The molecule has 88 valence electrons. The third kappa shape index (κ3) is 2.91. The van der Waals surface area contributed by atoms with E-state index in [1.54, 1.807) is 6.07 Å². The number of ketones is 1. The molecule has 1 nitrogen and oxygen atoms in total. The predicted molar refractivity (Wildman–Crippen MR) is 63.9 cm³/mol. The van der Waals surface area contributed by atoms with Gasteiger partial charge in [0.2, 0.25) is 0 Å². The maximum atomic E-state index is 13.1. The van der Waals surface area contributed by atoms with Gasteiger partial charge in [0, 0.05) is 11.8 Å². The van der Waals surface area contributed by atoms with Crippen molar-refractivity contribution in [1.82, 2.24) is 0 Å². The summed E-state index contributed by atoms with van der Waals surface area (Å²) in [5, 5.41) is 0. The summed E-state index contributed by atoms with van der Waals surface area (Å²) >= 11 is 0. The zero-order valence-electron chi connectivity index (χ0n) is 10.4. The third-order valence-corrected chi connectivity index (χ3v) is 3.30. The van der Waals surface area contributed by atoms with Crippen LogP contribution < -0.4 is 0 Å². The zero-order chi connectivity index (χ0) is 12.3. The highest BCUT2D eigenvalue weighted by molar-refractivity contribution is 5.86. The summed E-state index contributed by atoms with van der Waals surface area (Å²) in [6.07, 6.45) is 1.13. The first-order chi connectivity index (χ1) is 7.36. The lowest BCUT2D eigenvalue weighted by atomic mass is 9.82. The van der Waals surface area contributed by atoms with E-state index < -0.39 is 0 Å². The maximum absolute atomic E-state index is 13.1. The molecule has 0 amide bonds. The van der Waals surface area contributed by atoms with Crippen molar-refractivity contribution in [2.24, 2.45) is 5.41 Å². The number of rotatable bonds is 4. The van der Waals surface area contributed by atoms with Gasteiger partial charge in [-0.1, -0.05) is 26.8 Å². The molecule has 0 aliphatic heterocycles. The van der Waals surface area contributed by atoms with Gasteiger partial charge in [0.25, 0.3) is 0 Å². The highest BCUT2D eigenvalue weighted by Crippen LogP contribution is 2.24. The van der Waals surface area contributed by atoms with Crippen LogP contribution in [0.25, 0.3) is 0 Å². The van der Waals surface area contributed by atoms with E-state index in [0.717, 1.165) is 17.5 Å². The Morgan fingerprint density at radius 3 is 2.56 bits per heavy atom. The van der Waals surface area contributed by atoms with Crippen molar-refractivity contribution in [3.05, 3.63) is 35.1 Å². The molecule has 0 heterocycles. The topological polar surface area (TPSA) is 17.1 Å². The number of hydrogen-bond acceptors (Lipinski definition) is 1. The molecular weight excluding hydrogens is 203 g/mol. The van der Waals surface area contributed by atoms with Crippen LogP contribution in [0.4, 0.5) is 4.39 Å². The van der Waals surface area contributed by atoms with Gasteiger partial charge in [-0.3, -0.25) is 4.79 Å². The van der Waals surface area contributed by atoms with E-state index in [-0.39, 0.29) is 17.0 Å². The van der Waals surface area contributed by atoms with Crippen LogP contribution >= 0.6 is 0 Å². The Labute approximate surface area is 96.7 Å². The highest BCUT2D eigenvalue weighted by Gasteiger charge is 2.25. The van der Waals surface area contributed by atoms with Crippen LogP contribution in [-0.4, -0.2) is 5.78 Å². The number of carbonyl (C=O) groups excluding carboxylic acids is 1. The first kappa shape index (κ1) is 12.9. The minimum Gasteiger partial charge on any atom is -0.299 e. The van der Waals surface area contributed by atoms with Gasteiger partial charge in [-0.15, -0.1) is 0 Å². The van der Waals surface area contributed by atoms with Crippen LogP contribution in [0.3, 0.4) is 0 Å². The van der Waals surface area contributed by atoms with Crippen molar-refractivity contribution in [2.45, 2.75) is 40.5 Å². The Balaban J connectivity index is 2.89. The third-order valence-electron chi connectivity index (χ3n) is 3.30. The summed E-state index contributed by atoms with van der Waals surface area (Å²) in [4.78, 5) is 12.0. The molecular formula is C14H19FO. The van der Waals surface area contributed by atoms with Crippen molar-refractivity contribution in [2.75, 3.05) is 0 Å². The smallest absolute Gasteiger partial charge is 0.142 e. The number of aryl methyl sites for hydroxylation is 1. The van der Waals surface area contributed by atoms with E-state index in [2.05, 4.69) is 0 Å². The largest absolute Gasteiger partial charge is 0.299 e. The predicted octanol–water partition coefficient (Wildman–Crippen LogP) is 3.68. The summed E-state index contributed by atoms with van der Waals surface area (Å²) in [6.45, 7) is 7.77. The molecule has 0 N–H and O–H groups in total. The molecule has 0 aliphatic carbocycles. The SMILES string of the molecule is CCC(C)(C)C(=O)Cc1cc(F)ccc1C. The second kappa shape index (κ2) is 4.77. The molecule has 0 saturated heterocycles. The molecule has 1 aromatic rings. The summed E-state index contributed by atoms with van der Waals surface area (Å²) < 4.78 is 13.1. The van der Waals surface area contributed by atoms with Crippen molar-refractivity contribution >= 4 is 5.78 Å². The molecule has 16 heavy (non-hydrogen) atoms. The first-order valence-electron chi connectivity index (χ1n) is 5.65. The lowest BCUT2D eigenvalue weighted by Crippen LogP contribution is -2.25. The average molecular weight is 222 g/mol. The molecule has 0 saturated carbocycles. The Bertz CT molecular complexity index is 394. The quantitative estimate of drug-likeness (QED) is 0.759. The second-order valence-electron chi connectivity index (χ2n) is 4.91. The lowest BCUT2D eigenvalue weighted by molar-refractivity contribution is -0.126. The van der Waals surface area contributed by atoms with Gasteiger partial charge in [0.15, 0.2) is 0 Å². The summed E-state index contributed by atoms with van der Waals surface area (Å²) in [6, 6.07) is 4.60. The molecule has 2 heteroatoms. The molecule has 1 rings (SSSR count). The molecule has 0 unspecified atom stereocenters. The van der Waals surface area contributed by atoms with Crippen molar-refractivity contribution in [3.8, 4) is 0 Å². The van der Waals surface area contributed by atoms with E-state index in [9.17, 15) is 9.18 Å². The van der Waals surface area contributed by atoms with Crippen molar-refractivity contribution in [3.63, 3.8) is 0 Å². The standard InChI is InChI=1S/C14H19FO/c1-5-14(3,4)13(16)9-11-8-12(15)7-6-10(11)2/h6-8H,5,9H2,1-4H3. The van der Waals surface area contributed by atoms with Crippen LogP contribution in [0.5, 0.6) is 0 Å². The normalized spacial score (nSPS) is 11.6. The van der Waals surface area contributed by atoms with E-state index >= 15 is 0 Å². The van der Waals surface area contributed by atoms with Crippen LogP contribution in [0.15, 0.2) is 18.2 Å². The fourth-order valence-electron chi connectivity index (χ4n) is 1.44. The van der Waals surface area contributed by atoms with E-state index in [1.807, 2.05) is 27.7 Å². The highest BCUT2D eigenvalue weighted by atomic mass is 19.1. The monoisotopic (exact) mass is 222 g/mol. The fourth-order valence-corrected chi connectivity index (χ4v) is 1.44. The fraction of sp³-hybridized carbons (Fsp3) is 0.500. The molecule has 0 aromatic heterocycles. The van der Waals surface area contributed by atoms with Gasteiger partial charge < -0.3 is 0 Å². The average Bonchev–Trinajstić information content (AvgIpc) is 2.23. The minimum atomic E-state index is -0.321. The molecule has 0 atom stereocenters.